The predicted molar refractivity (Wildman–Crippen MR) is 220 cm³/mol. The normalized spacial score (nSPS) is 11.1. The summed E-state index contributed by atoms with van der Waals surface area (Å²) >= 11 is 0. The summed E-state index contributed by atoms with van der Waals surface area (Å²) < 4.78 is 9.29. The van der Waals surface area contributed by atoms with Gasteiger partial charge in [-0.2, -0.15) is 5.10 Å². The van der Waals surface area contributed by atoms with Gasteiger partial charge in [-0.05, 0) is 89.0 Å². The number of carbonyl (C=O) groups is 2. The molecule has 8 rings (SSSR count). The van der Waals surface area contributed by atoms with Crippen molar-refractivity contribution >= 4 is 18.1 Å². The van der Waals surface area contributed by atoms with E-state index in [1.165, 1.54) is 7.11 Å². The molecule has 6 aromatic carbocycles. The first-order valence-electron chi connectivity index (χ1n) is 17.9. The van der Waals surface area contributed by atoms with E-state index in [1.54, 1.807) is 18.3 Å². The highest BCUT2D eigenvalue weighted by Crippen LogP contribution is 2.36. The Bertz CT molecular complexity index is 2540. The molecule has 2 aromatic heterocycles. The zero-order chi connectivity index (χ0) is 37.6. The number of methoxy groups -OCH3 is 1. The van der Waals surface area contributed by atoms with E-state index < -0.39 is 5.97 Å². The summed E-state index contributed by atoms with van der Waals surface area (Å²) in [6, 6.07) is 61.8. The van der Waals surface area contributed by atoms with Crippen molar-refractivity contribution in [2.75, 3.05) is 7.11 Å². The third-order valence-electron chi connectivity index (χ3n) is 9.47. The Labute approximate surface area is 319 Å². The van der Waals surface area contributed by atoms with Crippen LogP contribution in [0.3, 0.4) is 0 Å². The summed E-state index contributed by atoms with van der Waals surface area (Å²) in [5.74, 6) is -0.730. The number of hydrogen-bond donors (Lipinski definition) is 1. The second-order valence-corrected chi connectivity index (χ2v) is 12.9. The van der Waals surface area contributed by atoms with Gasteiger partial charge in [0, 0.05) is 22.5 Å². The van der Waals surface area contributed by atoms with Gasteiger partial charge in [0.15, 0.2) is 0 Å². The molecular weight excluding hydrogens is 681 g/mol. The van der Waals surface area contributed by atoms with Gasteiger partial charge in [0.25, 0.3) is 5.91 Å². The van der Waals surface area contributed by atoms with Crippen LogP contribution in [0, 0.1) is 0 Å². The molecule has 0 aliphatic carbocycles. The fourth-order valence-corrected chi connectivity index (χ4v) is 6.84. The Kier molecular flexibility index (Phi) is 9.81. The Morgan fingerprint density at radius 3 is 1.44 bits per heavy atom. The molecule has 0 radical (unpaired) electrons. The maximum absolute atomic E-state index is 13.5. The number of amides is 1. The van der Waals surface area contributed by atoms with Crippen LogP contribution in [0.25, 0.3) is 56.4 Å². The van der Waals surface area contributed by atoms with Gasteiger partial charge in [-0.1, -0.05) is 121 Å². The molecule has 2 heterocycles. The van der Waals surface area contributed by atoms with E-state index in [-0.39, 0.29) is 5.91 Å². The minimum Gasteiger partial charge on any atom is -0.465 e. The van der Waals surface area contributed by atoms with Gasteiger partial charge in [0.05, 0.1) is 41.7 Å². The maximum Gasteiger partial charge on any atom is 0.337 e. The van der Waals surface area contributed by atoms with Crippen LogP contribution in [0.2, 0.25) is 0 Å². The van der Waals surface area contributed by atoms with Crippen LogP contribution >= 0.6 is 0 Å². The molecule has 0 spiro atoms. The summed E-state index contributed by atoms with van der Waals surface area (Å²) in [5.41, 5.74) is 14.3. The zero-order valence-electron chi connectivity index (χ0n) is 30.0. The van der Waals surface area contributed by atoms with Crippen molar-refractivity contribution in [2.24, 2.45) is 5.10 Å². The average molecular weight is 717 g/mol. The largest absolute Gasteiger partial charge is 0.465 e. The molecule has 0 aliphatic heterocycles. The Hall–Kier alpha value is -7.51. The van der Waals surface area contributed by atoms with Crippen molar-refractivity contribution in [3.8, 4) is 56.4 Å². The van der Waals surface area contributed by atoms with Gasteiger partial charge in [0.2, 0.25) is 0 Å². The molecule has 0 saturated heterocycles. The van der Waals surface area contributed by atoms with Crippen molar-refractivity contribution in [3.63, 3.8) is 0 Å². The minimum absolute atomic E-state index is 0.329. The van der Waals surface area contributed by atoms with Crippen LogP contribution in [0.15, 0.2) is 193 Å². The quantitative estimate of drug-likeness (QED) is 0.0869. The number of benzene rings is 6. The number of nitrogens with zero attached hydrogens (tertiary/aromatic N) is 3. The maximum atomic E-state index is 13.5. The lowest BCUT2D eigenvalue weighted by Crippen LogP contribution is -2.17. The monoisotopic (exact) mass is 716 g/mol. The van der Waals surface area contributed by atoms with E-state index in [4.69, 9.17) is 4.74 Å². The molecule has 1 amide bonds. The van der Waals surface area contributed by atoms with Gasteiger partial charge < -0.3 is 13.9 Å². The van der Waals surface area contributed by atoms with Crippen LogP contribution in [0.4, 0.5) is 0 Å². The second-order valence-electron chi connectivity index (χ2n) is 12.9. The molecule has 8 aromatic rings. The third-order valence-corrected chi connectivity index (χ3v) is 9.47. The van der Waals surface area contributed by atoms with E-state index in [2.05, 4.69) is 74.3 Å². The molecular formula is C48H36N4O3. The number of esters is 1. The van der Waals surface area contributed by atoms with Crippen LogP contribution < -0.4 is 5.43 Å². The number of rotatable bonds is 10. The van der Waals surface area contributed by atoms with Crippen molar-refractivity contribution in [3.05, 3.63) is 205 Å². The molecule has 1 N–H and O–H groups in total. The van der Waals surface area contributed by atoms with Crippen molar-refractivity contribution in [1.29, 1.82) is 0 Å². The molecule has 0 bridgehead atoms. The number of hydrazone groups is 1. The number of aromatic nitrogens is 2. The molecule has 7 heteroatoms. The van der Waals surface area contributed by atoms with E-state index in [1.807, 2.05) is 121 Å². The summed E-state index contributed by atoms with van der Waals surface area (Å²) in [7, 11) is 1.37. The smallest absolute Gasteiger partial charge is 0.337 e. The van der Waals surface area contributed by atoms with Gasteiger partial charge >= 0.3 is 5.97 Å². The number of hydrogen-bond acceptors (Lipinski definition) is 4. The first-order chi connectivity index (χ1) is 27.1. The third kappa shape index (κ3) is 7.14. The lowest BCUT2D eigenvalue weighted by molar-refractivity contribution is 0.0600. The van der Waals surface area contributed by atoms with E-state index >= 15 is 0 Å². The topological polar surface area (TPSA) is 77.6 Å². The Morgan fingerprint density at radius 2 is 0.945 bits per heavy atom. The first kappa shape index (κ1) is 34.6. The summed E-state index contributed by atoms with van der Waals surface area (Å²) in [6.45, 7) is 0. The SMILES string of the molecule is COC(=O)c1ccc(-n2c(-c3ccccc3)cc(/C=N/NC(=O)c3ccc(-n4c(-c5ccccc5)ccc4-c4ccccc4)cc3)c2-c2ccccc2)cc1. The number of carbonyl (C=O) groups excluding carboxylic acids is 2. The summed E-state index contributed by atoms with van der Waals surface area (Å²) in [6.07, 6.45) is 1.68. The number of nitrogens with one attached hydrogen (secondary N) is 1. The minimum atomic E-state index is -0.401. The van der Waals surface area contributed by atoms with Gasteiger partial charge in [-0.3, -0.25) is 4.79 Å². The second kappa shape index (κ2) is 15.6. The first-order valence-corrected chi connectivity index (χ1v) is 17.9. The van der Waals surface area contributed by atoms with Crippen LogP contribution in [-0.2, 0) is 4.74 Å². The van der Waals surface area contributed by atoms with Gasteiger partial charge in [-0.25, -0.2) is 10.2 Å². The molecule has 266 valence electrons. The molecule has 0 saturated carbocycles. The molecule has 0 unspecified atom stereocenters. The van der Waals surface area contributed by atoms with Crippen LogP contribution in [-0.4, -0.2) is 34.3 Å². The van der Waals surface area contributed by atoms with Gasteiger partial charge in [0.1, 0.15) is 0 Å². The zero-order valence-corrected chi connectivity index (χ0v) is 30.0. The molecule has 0 aliphatic rings. The van der Waals surface area contributed by atoms with Crippen molar-refractivity contribution < 1.29 is 14.3 Å². The average Bonchev–Trinajstić information content (AvgIpc) is 3.88. The fraction of sp³-hybridized carbons (Fsp3) is 0.0208. The lowest BCUT2D eigenvalue weighted by Gasteiger charge is -2.15. The highest BCUT2D eigenvalue weighted by molar-refractivity contribution is 5.97. The highest BCUT2D eigenvalue weighted by atomic mass is 16.5. The highest BCUT2D eigenvalue weighted by Gasteiger charge is 2.20. The Balaban J connectivity index is 1.12. The standard InChI is InChI=1S/C48H36N4O3/c1-55-48(54)39-24-28-42(29-25-39)52-45(36-18-10-4-11-19-36)32-40(46(52)37-20-12-5-13-21-37)33-49-50-47(53)38-22-26-41(27-23-38)51-43(34-14-6-2-7-15-34)30-31-44(51)35-16-8-3-9-17-35/h2-33H,1H3,(H,50,53)/b49-33+. The molecule has 55 heavy (non-hydrogen) atoms. The number of ether oxygens (including phenoxy) is 1. The summed E-state index contributed by atoms with van der Waals surface area (Å²) in [5, 5.41) is 4.47. The van der Waals surface area contributed by atoms with E-state index in [0.717, 1.165) is 62.0 Å². The van der Waals surface area contributed by atoms with E-state index in [9.17, 15) is 9.59 Å². The van der Waals surface area contributed by atoms with Gasteiger partial charge in [-0.15, -0.1) is 0 Å². The van der Waals surface area contributed by atoms with Crippen molar-refractivity contribution in [2.45, 2.75) is 0 Å². The fourth-order valence-electron chi connectivity index (χ4n) is 6.84. The molecule has 7 nitrogen and oxygen atoms in total. The predicted octanol–water partition coefficient (Wildman–Crippen LogP) is 10.5. The van der Waals surface area contributed by atoms with Crippen molar-refractivity contribution in [1.82, 2.24) is 14.6 Å². The Morgan fingerprint density at radius 1 is 0.509 bits per heavy atom. The lowest BCUT2D eigenvalue weighted by atomic mass is 10.1. The van der Waals surface area contributed by atoms with Crippen LogP contribution in [0.5, 0.6) is 0 Å². The molecule has 0 fully saturated rings. The summed E-state index contributed by atoms with van der Waals surface area (Å²) in [4.78, 5) is 25.8. The van der Waals surface area contributed by atoms with Crippen LogP contribution in [0.1, 0.15) is 26.3 Å². The van der Waals surface area contributed by atoms with E-state index in [0.29, 0.717) is 11.1 Å². The molecule has 0 atom stereocenters.